The van der Waals surface area contributed by atoms with Crippen molar-refractivity contribution in [2.75, 3.05) is 18.5 Å². The normalized spacial score (nSPS) is 10.3. The molecular weight excluding hydrogens is 274 g/mol. The van der Waals surface area contributed by atoms with Crippen molar-refractivity contribution in [1.82, 2.24) is 10.3 Å². The van der Waals surface area contributed by atoms with E-state index in [4.69, 9.17) is 0 Å². The van der Waals surface area contributed by atoms with E-state index in [1.807, 2.05) is 36.2 Å². The van der Waals surface area contributed by atoms with Crippen LogP contribution in [0.3, 0.4) is 0 Å². The molecule has 0 atom stereocenters. The molecule has 0 aliphatic rings. The van der Waals surface area contributed by atoms with Crippen LogP contribution in [-0.4, -0.2) is 24.5 Å². The van der Waals surface area contributed by atoms with Crippen LogP contribution >= 0.6 is 0 Å². The van der Waals surface area contributed by atoms with E-state index in [9.17, 15) is 4.79 Å². The molecule has 0 unspecified atom stereocenters. The summed E-state index contributed by atoms with van der Waals surface area (Å²) in [6.45, 7) is 3.58. The maximum Gasteiger partial charge on any atom is 0.251 e. The Hall–Kier alpha value is -2.36. The van der Waals surface area contributed by atoms with Crippen molar-refractivity contribution in [3.8, 4) is 0 Å². The Morgan fingerprint density at radius 1 is 1.23 bits per heavy atom. The van der Waals surface area contributed by atoms with Gasteiger partial charge < -0.3 is 10.2 Å². The third-order valence-corrected chi connectivity index (χ3v) is 3.48. The molecule has 22 heavy (non-hydrogen) atoms. The number of carbonyl (C=O) groups is 1. The zero-order chi connectivity index (χ0) is 15.8. The van der Waals surface area contributed by atoms with Gasteiger partial charge in [0.05, 0.1) is 0 Å². The second-order valence-electron chi connectivity index (χ2n) is 5.35. The summed E-state index contributed by atoms with van der Waals surface area (Å²) in [5, 5.41) is 2.93. The van der Waals surface area contributed by atoms with Crippen LogP contribution < -0.4 is 10.2 Å². The van der Waals surface area contributed by atoms with Gasteiger partial charge in [0.2, 0.25) is 0 Å². The second kappa shape index (κ2) is 8.17. The summed E-state index contributed by atoms with van der Waals surface area (Å²) in [7, 11) is 1.98. The molecule has 4 heteroatoms. The molecule has 0 saturated carbocycles. The molecule has 2 aromatic rings. The predicted octanol–water partition coefficient (Wildman–Crippen LogP) is 3.25. The third kappa shape index (κ3) is 4.58. The maximum atomic E-state index is 12.1. The topological polar surface area (TPSA) is 45.2 Å². The highest BCUT2D eigenvalue weighted by atomic mass is 16.1. The summed E-state index contributed by atoms with van der Waals surface area (Å²) < 4.78 is 0. The molecule has 0 spiro atoms. The Kier molecular flexibility index (Phi) is 5.95. The van der Waals surface area contributed by atoms with E-state index in [0.717, 1.165) is 25.2 Å². The second-order valence-corrected chi connectivity index (χ2v) is 5.35. The number of amides is 1. The van der Waals surface area contributed by atoms with E-state index >= 15 is 0 Å². The molecular formula is C18H23N3O. The van der Waals surface area contributed by atoms with Gasteiger partial charge >= 0.3 is 0 Å². The van der Waals surface area contributed by atoms with Crippen LogP contribution in [0.4, 0.5) is 5.82 Å². The Morgan fingerprint density at radius 3 is 2.73 bits per heavy atom. The van der Waals surface area contributed by atoms with E-state index in [1.54, 1.807) is 12.3 Å². The molecule has 1 heterocycles. The van der Waals surface area contributed by atoms with E-state index in [2.05, 4.69) is 29.4 Å². The average Bonchev–Trinajstić information content (AvgIpc) is 2.56. The number of carbonyl (C=O) groups excluding carboxylic acids is 1. The number of rotatable bonds is 7. The first kappa shape index (κ1) is 16.0. The van der Waals surface area contributed by atoms with E-state index in [1.165, 1.54) is 5.56 Å². The van der Waals surface area contributed by atoms with Crippen molar-refractivity contribution in [3.05, 3.63) is 59.8 Å². The van der Waals surface area contributed by atoms with Gasteiger partial charge in [0, 0.05) is 31.9 Å². The van der Waals surface area contributed by atoms with Crippen LogP contribution in [0.25, 0.3) is 0 Å². The Balaban J connectivity index is 2.02. The van der Waals surface area contributed by atoms with Crippen LogP contribution in [0, 0.1) is 0 Å². The lowest BCUT2D eigenvalue weighted by molar-refractivity contribution is 0.0953. The monoisotopic (exact) mass is 297 g/mol. The zero-order valence-electron chi connectivity index (χ0n) is 13.2. The summed E-state index contributed by atoms with van der Waals surface area (Å²) in [4.78, 5) is 18.5. The molecule has 0 saturated heterocycles. The van der Waals surface area contributed by atoms with Gasteiger partial charge in [-0.1, -0.05) is 43.7 Å². The number of unbranched alkanes of at least 4 members (excludes halogenated alkanes) is 1. The minimum atomic E-state index is -0.0368. The highest BCUT2D eigenvalue weighted by Crippen LogP contribution is 2.14. The van der Waals surface area contributed by atoms with Gasteiger partial charge in [-0.2, -0.15) is 0 Å². The molecule has 1 aromatic carbocycles. The molecule has 1 aromatic heterocycles. The first-order valence-electron chi connectivity index (χ1n) is 7.70. The summed E-state index contributed by atoms with van der Waals surface area (Å²) in [6.07, 6.45) is 3.75. The molecule has 0 aliphatic heterocycles. The molecule has 0 bridgehead atoms. The van der Waals surface area contributed by atoms with Crippen molar-refractivity contribution in [2.24, 2.45) is 0 Å². The fourth-order valence-electron chi connectivity index (χ4n) is 2.19. The number of hydrogen-bond donors (Lipinski definition) is 1. The largest absolute Gasteiger partial charge is 0.355 e. The minimum absolute atomic E-state index is 0.0368. The van der Waals surface area contributed by atoms with Crippen molar-refractivity contribution in [2.45, 2.75) is 26.3 Å². The lowest BCUT2D eigenvalue weighted by atomic mass is 10.2. The number of hydrogen-bond acceptors (Lipinski definition) is 3. The fourth-order valence-corrected chi connectivity index (χ4v) is 2.19. The Morgan fingerprint density at radius 2 is 2.00 bits per heavy atom. The lowest BCUT2D eigenvalue weighted by Gasteiger charge is -2.18. The van der Waals surface area contributed by atoms with Crippen LogP contribution in [0.15, 0.2) is 48.7 Å². The highest BCUT2D eigenvalue weighted by molar-refractivity contribution is 5.94. The van der Waals surface area contributed by atoms with E-state index in [-0.39, 0.29) is 5.91 Å². The molecule has 1 amide bonds. The van der Waals surface area contributed by atoms with Crippen LogP contribution in [0.5, 0.6) is 0 Å². The van der Waals surface area contributed by atoms with Crippen LogP contribution in [0.2, 0.25) is 0 Å². The number of nitrogens with zero attached hydrogens (tertiary/aromatic N) is 2. The summed E-state index contributed by atoms with van der Waals surface area (Å²) in [5.74, 6) is 0.761. The first-order valence-corrected chi connectivity index (χ1v) is 7.70. The van der Waals surface area contributed by atoms with Gasteiger partial charge in [0.1, 0.15) is 5.82 Å². The van der Waals surface area contributed by atoms with Gasteiger partial charge in [0.25, 0.3) is 5.91 Å². The summed E-state index contributed by atoms with van der Waals surface area (Å²) >= 11 is 0. The third-order valence-electron chi connectivity index (χ3n) is 3.48. The van der Waals surface area contributed by atoms with Crippen molar-refractivity contribution in [3.63, 3.8) is 0 Å². The van der Waals surface area contributed by atoms with Gasteiger partial charge in [-0.05, 0) is 24.1 Å². The molecule has 0 fully saturated rings. The van der Waals surface area contributed by atoms with Crippen LogP contribution in [0.1, 0.15) is 35.7 Å². The molecule has 1 N–H and O–H groups in total. The molecule has 116 valence electrons. The van der Waals surface area contributed by atoms with E-state index in [0.29, 0.717) is 12.1 Å². The van der Waals surface area contributed by atoms with E-state index < -0.39 is 0 Å². The number of nitrogens with one attached hydrogen (secondary N) is 1. The van der Waals surface area contributed by atoms with Crippen molar-refractivity contribution < 1.29 is 4.79 Å². The van der Waals surface area contributed by atoms with Gasteiger partial charge in [-0.3, -0.25) is 4.79 Å². The van der Waals surface area contributed by atoms with Gasteiger partial charge in [0.15, 0.2) is 0 Å². The Bertz CT molecular complexity index is 598. The molecule has 4 nitrogen and oxygen atoms in total. The number of anilines is 1. The maximum absolute atomic E-state index is 12.1. The van der Waals surface area contributed by atoms with Gasteiger partial charge in [-0.25, -0.2) is 4.98 Å². The lowest BCUT2D eigenvalue weighted by Crippen LogP contribution is -2.25. The van der Waals surface area contributed by atoms with Crippen molar-refractivity contribution >= 4 is 11.7 Å². The quantitative estimate of drug-likeness (QED) is 0.798. The Labute approximate surface area is 132 Å². The smallest absolute Gasteiger partial charge is 0.251 e. The van der Waals surface area contributed by atoms with Crippen LogP contribution in [-0.2, 0) is 6.54 Å². The fraction of sp³-hybridized carbons (Fsp3) is 0.333. The number of benzene rings is 1. The summed E-state index contributed by atoms with van der Waals surface area (Å²) in [5.41, 5.74) is 1.87. The number of pyridine rings is 1. The molecule has 2 rings (SSSR count). The van der Waals surface area contributed by atoms with Gasteiger partial charge in [-0.15, -0.1) is 0 Å². The van der Waals surface area contributed by atoms with Crippen molar-refractivity contribution in [1.29, 1.82) is 0 Å². The SMILES string of the molecule is CCCCNC(=O)c1ccnc(N(C)Cc2ccccc2)c1. The minimum Gasteiger partial charge on any atom is -0.355 e. The zero-order valence-corrected chi connectivity index (χ0v) is 13.2. The average molecular weight is 297 g/mol. The molecule has 0 radical (unpaired) electrons. The highest BCUT2D eigenvalue weighted by Gasteiger charge is 2.09. The summed E-state index contributed by atoms with van der Waals surface area (Å²) in [6, 6.07) is 13.8. The standard InChI is InChI=1S/C18H23N3O/c1-3-4-11-20-18(22)16-10-12-19-17(13-16)21(2)14-15-8-6-5-7-9-15/h5-10,12-13H,3-4,11,14H2,1-2H3,(H,20,22). The predicted molar refractivity (Wildman–Crippen MR) is 90.0 cm³/mol. The number of aromatic nitrogens is 1. The molecule has 0 aliphatic carbocycles. The first-order chi connectivity index (χ1) is 10.7.